The summed E-state index contributed by atoms with van der Waals surface area (Å²) in [6, 6.07) is 2.92. The van der Waals surface area contributed by atoms with Gasteiger partial charge in [-0.25, -0.2) is 0 Å². The Morgan fingerprint density at radius 1 is 1.44 bits per heavy atom. The minimum atomic E-state index is 0.618. The highest BCUT2D eigenvalue weighted by Gasteiger charge is 2.23. The van der Waals surface area contributed by atoms with Crippen LogP contribution in [0, 0.1) is 0 Å². The van der Waals surface area contributed by atoms with Crippen molar-refractivity contribution in [2.75, 3.05) is 19.6 Å². The van der Waals surface area contributed by atoms with Gasteiger partial charge in [-0.05, 0) is 56.3 Å². The zero-order valence-corrected chi connectivity index (χ0v) is 10.9. The molecular formula is C13H22N2S. The number of hydrogen-bond donors (Lipinski definition) is 1. The Bertz CT molecular complexity index is 321. The molecule has 0 bridgehead atoms. The van der Waals surface area contributed by atoms with E-state index in [2.05, 4.69) is 23.3 Å². The molecule has 2 N–H and O–H groups in total. The molecule has 2 rings (SSSR count). The van der Waals surface area contributed by atoms with Gasteiger partial charge in [0.2, 0.25) is 0 Å². The van der Waals surface area contributed by atoms with Gasteiger partial charge in [0, 0.05) is 17.5 Å². The van der Waals surface area contributed by atoms with Crippen LogP contribution in [0.5, 0.6) is 0 Å². The number of fused-ring (bicyclic) bond motifs is 1. The molecule has 0 fully saturated rings. The third kappa shape index (κ3) is 2.65. The van der Waals surface area contributed by atoms with E-state index in [1.54, 1.807) is 10.4 Å². The first kappa shape index (κ1) is 12.1. The maximum atomic E-state index is 5.51. The quantitative estimate of drug-likeness (QED) is 0.799. The van der Waals surface area contributed by atoms with Crippen LogP contribution in [0.4, 0.5) is 0 Å². The van der Waals surface area contributed by atoms with Crippen LogP contribution in [0.3, 0.4) is 0 Å². The molecule has 0 aromatic carbocycles. The van der Waals surface area contributed by atoms with Gasteiger partial charge in [-0.1, -0.05) is 6.42 Å². The largest absolute Gasteiger partial charge is 0.330 e. The molecule has 0 amide bonds. The number of hydrogen-bond acceptors (Lipinski definition) is 3. The summed E-state index contributed by atoms with van der Waals surface area (Å²) in [5.41, 5.74) is 7.08. The average Bonchev–Trinajstić information content (AvgIpc) is 2.76. The van der Waals surface area contributed by atoms with E-state index in [0.717, 1.165) is 6.54 Å². The number of rotatable bonds is 5. The summed E-state index contributed by atoms with van der Waals surface area (Å²) in [7, 11) is 0. The lowest BCUT2D eigenvalue weighted by Gasteiger charge is -2.33. The molecule has 0 saturated heterocycles. The first-order valence-electron chi connectivity index (χ1n) is 6.33. The van der Waals surface area contributed by atoms with Crippen molar-refractivity contribution in [3.05, 3.63) is 21.9 Å². The molecule has 3 heteroatoms. The average molecular weight is 238 g/mol. The molecule has 0 aliphatic carbocycles. The standard InChI is InChI=1S/C13H22N2S/c1-11-12-6-10-16-13(12)5-9-15(11)8-4-2-3-7-14/h6,10-11H,2-5,7-9,14H2,1H3. The Kier molecular flexibility index (Phi) is 4.38. The monoisotopic (exact) mass is 238 g/mol. The number of thiophene rings is 1. The molecule has 1 aromatic heterocycles. The number of nitrogens with two attached hydrogens (primary N) is 1. The predicted molar refractivity (Wildman–Crippen MR) is 70.9 cm³/mol. The summed E-state index contributed by atoms with van der Waals surface area (Å²) >= 11 is 1.92. The van der Waals surface area contributed by atoms with Crippen molar-refractivity contribution in [2.24, 2.45) is 5.73 Å². The second-order valence-electron chi connectivity index (χ2n) is 4.61. The van der Waals surface area contributed by atoms with Crippen molar-refractivity contribution < 1.29 is 0 Å². The minimum absolute atomic E-state index is 0.618. The first-order chi connectivity index (χ1) is 7.83. The van der Waals surface area contributed by atoms with Crippen molar-refractivity contribution >= 4 is 11.3 Å². The van der Waals surface area contributed by atoms with Crippen molar-refractivity contribution in [3.8, 4) is 0 Å². The normalized spacial score (nSPS) is 21.0. The highest BCUT2D eigenvalue weighted by Crippen LogP contribution is 2.32. The molecule has 1 aromatic rings. The third-order valence-corrected chi connectivity index (χ3v) is 4.55. The van der Waals surface area contributed by atoms with Gasteiger partial charge in [-0.3, -0.25) is 4.90 Å². The molecule has 16 heavy (non-hydrogen) atoms. The molecule has 1 aliphatic rings. The van der Waals surface area contributed by atoms with Gasteiger partial charge in [-0.15, -0.1) is 11.3 Å². The lowest BCUT2D eigenvalue weighted by atomic mass is 10.0. The van der Waals surface area contributed by atoms with Crippen LogP contribution in [-0.4, -0.2) is 24.5 Å². The zero-order valence-electron chi connectivity index (χ0n) is 10.1. The molecule has 2 nitrogen and oxygen atoms in total. The Labute approximate surface area is 102 Å². The summed E-state index contributed by atoms with van der Waals surface area (Å²) in [6.07, 6.45) is 4.98. The molecule has 1 aliphatic heterocycles. The molecule has 0 radical (unpaired) electrons. The summed E-state index contributed by atoms with van der Waals surface area (Å²) in [6.45, 7) is 5.64. The second kappa shape index (κ2) is 5.80. The summed E-state index contributed by atoms with van der Waals surface area (Å²) in [5, 5.41) is 2.24. The van der Waals surface area contributed by atoms with Gasteiger partial charge in [0.15, 0.2) is 0 Å². The maximum Gasteiger partial charge on any atom is 0.0331 e. The molecule has 0 saturated carbocycles. The molecule has 0 spiro atoms. The Hall–Kier alpha value is -0.380. The van der Waals surface area contributed by atoms with E-state index in [0.29, 0.717) is 6.04 Å². The zero-order chi connectivity index (χ0) is 11.4. The first-order valence-corrected chi connectivity index (χ1v) is 7.21. The second-order valence-corrected chi connectivity index (χ2v) is 5.61. The maximum absolute atomic E-state index is 5.51. The fourth-order valence-electron chi connectivity index (χ4n) is 2.50. The van der Waals surface area contributed by atoms with Crippen LogP contribution in [0.15, 0.2) is 11.4 Å². The van der Waals surface area contributed by atoms with Gasteiger partial charge >= 0.3 is 0 Å². The van der Waals surface area contributed by atoms with Gasteiger partial charge in [0.05, 0.1) is 0 Å². The van der Waals surface area contributed by atoms with Crippen molar-refractivity contribution in [2.45, 2.75) is 38.6 Å². The van der Waals surface area contributed by atoms with Gasteiger partial charge in [-0.2, -0.15) is 0 Å². The van der Waals surface area contributed by atoms with E-state index in [-0.39, 0.29) is 0 Å². The van der Waals surface area contributed by atoms with Crippen molar-refractivity contribution in [1.82, 2.24) is 4.90 Å². The summed E-state index contributed by atoms with van der Waals surface area (Å²) in [4.78, 5) is 4.22. The lowest BCUT2D eigenvalue weighted by molar-refractivity contribution is 0.196. The summed E-state index contributed by atoms with van der Waals surface area (Å²) in [5.74, 6) is 0. The van der Waals surface area contributed by atoms with E-state index in [4.69, 9.17) is 5.73 Å². The number of unbranched alkanes of at least 4 members (excludes halogenated alkanes) is 2. The van der Waals surface area contributed by atoms with Crippen LogP contribution in [0.2, 0.25) is 0 Å². The molecule has 2 heterocycles. The minimum Gasteiger partial charge on any atom is -0.330 e. The van der Waals surface area contributed by atoms with Crippen LogP contribution in [0.1, 0.15) is 42.7 Å². The SMILES string of the molecule is CC1c2ccsc2CCN1CCCCCN. The van der Waals surface area contributed by atoms with Gasteiger partial charge in [0.1, 0.15) is 0 Å². The van der Waals surface area contributed by atoms with Gasteiger partial charge < -0.3 is 5.73 Å². The highest BCUT2D eigenvalue weighted by molar-refractivity contribution is 7.10. The Morgan fingerprint density at radius 3 is 3.12 bits per heavy atom. The van der Waals surface area contributed by atoms with E-state index in [1.807, 2.05) is 11.3 Å². The van der Waals surface area contributed by atoms with E-state index >= 15 is 0 Å². The number of nitrogens with zero attached hydrogens (tertiary/aromatic N) is 1. The van der Waals surface area contributed by atoms with Crippen molar-refractivity contribution in [3.63, 3.8) is 0 Å². The third-order valence-electron chi connectivity index (χ3n) is 3.55. The smallest absolute Gasteiger partial charge is 0.0331 e. The van der Waals surface area contributed by atoms with E-state index in [1.165, 1.54) is 38.8 Å². The fraction of sp³-hybridized carbons (Fsp3) is 0.692. The van der Waals surface area contributed by atoms with Crippen LogP contribution >= 0.6 is 11.3 Å². The Morgan fingerprint density at radius 2 is 2.31 bits per heavy atom. The van der Waals surface area contributed by atoms with Gasteiger partial charge in [0.25, 0.3) is 0 Å². The molecular weight excluding hydrogens is 216 g/mol. The highest BCUT2D eigenvalue weighted by atomic mass is 32.1. The molecule has 1 unspecified atom stereocenters. The van der Waals surface area contributed by atoms with Crippen LogP contribution in [0.25, 0.3) is 0 Å². The predicted octanol–water partition coefficient (Wildman–Crippen LogP) is 2.80. The lowest BCUT2D eigenvalue weighted by Crippen LogP contribution is -2.33. The fourth-order valence-corrected chi connectivity index (χ4v) is 3.47. The van der Waals surface area contributed by atoms with Crippen LogP contribution in [-0.2, 0) is 6.42 Å². The van der Waals surface area contributed by atoms with E-state index < -0.39 is 0 Å². The van der Waals surface area contributed by atoms with Crippen molar-refractivity contribution in [1.29, 1.82) is 0 Å². The van der Waals surface area contributed by atoms with E-state index in [9.17, 15) is 0 Å². The molecule has 1 atom stereocenters. The summed E-state index contributed by atoms with van der Waals surface area (Å²) < 4.78 is 0. The topological polar surface area (TPSA) is 29.3 Å². The Balaban J connectivity index is 1.84. The molecule has 90 valence electrons. The van der Waals surface area contributed by atoms with Crippen LogP contribution < -0.4 is 5.73 Å².